The summed E-state index contributed by atoms with van der Waals surface area (Å²) in [7, 11) is 0. The highest BCUT2D eigenvalue weighted by atomic mass is 16.5. The fraction of sp³-hybridized carbons (Fsp3) is 0.318. The van der Waals surface area contributed by atoms with Gasteiger partial charge in [-0.3, -0.25) is 14.8 Å². The van der Waals surface area contributed by atoms with E-state index in [9.17, 15) is 9.59 Å². The van der Waals surface area contributed by atoms with E-state index in [4.69, 9.17) is 10.3 Å². The zero-order chi connectivity index (χ0) is 22.7. The molecule has 31 heavy (non-hydrogen) atoms. The summed E-state index contributed by atoms with van der Waals surface area (Å²) >= 11 is 0. The van der Waals surface area contributed by atoms with Crippen molar-refractivity contribution in [2.24, 2.45) is 0 Å². The number of carbonyl (C=O) groups is 2. The van der Waals surface area contributed by atoms with Crippen LogP contribution in [-0.2, 0) is 11.3 Å². The normalized spacial score (nSPS) is 11.4. The lowest BCUT2D eigenvalue weighted by Gasteiger charge is -2.34. The van der Waals surface area contributed by atoms with Crippen molar-refractivity contribution in [2.45, 2.75) is 38.4 Å². The molecular formula is C22H25N5O4. The van der Waals surface area contributed by atoms with Gasteiger partial charge in [-0.1, -0.05) is 11.8 Å². The van der Waals surface area contributed by atoms with Crippen molar-refractivity contribution >= 4 is 11.8 Å². The Hall–Kier alpha value is -3.63. The standard InChI is InChI=1S/C22H25N5O4/c1-22(2,25-14-18-13-23-15-24-18)19(21(30)27-31)26-20(29)17-10-8-16(9-11-17)7-5-3-4-6-12-28/h8-11,13,15,19,25,28,31H,6,12,14H2,1-2H3,(H,23,24)(H,26,29)(H,27,30). The third-order valence-corrected chi connectivity index (χ3v) is 4.40. The van der Waals surface area contributed by atoms with Crippen LogP contribution in [0.5, 0.6) is 0 Å². The third kappa shape index (κ3) is 7.28. The van der Waals surface area contributed by atoms with Crippen molar-refractivity contribution in [3.8, 4) is 23.7 Å². The molecule has 1 atom stereocenters. The molecule has 2 amide bonds. The number of rotatable bonds is 8. The van der Waals surface area contributed by atoms with Crippen molar-refractivity contribution < 1.29 is 19.9 Å². The summed E-state index contributed by atoms with van der Waals surface area (Å²) in [5, 5.41) is 23.6. The van der Waals surface area contributed by atoms with E-state index < -0.39 is 23.4 Å². The first-order valence-corrected chi connectivity index (χ1v) is 9.54. The van der Waals surface area contributed by atoms with Gasteiger partial charge in [-0.05, 0) is 50.0 Å². The van der Waals surface area contributed by atoms with Gasteiger partial charge in [-0.25, -0.2) is 10.5 Å². The van der Waals surface area contributed by atoms with Crippen molar-refractivity contribution in [3.63, 3.8) is 0 Å². The largest absolute Gasteiger partial charge is 0.395 e. The molecule has 2 rings (SSSR count). The van der Waals surface area contributed by atoms with Crippen LogP contribution in [0.25, 0.3) is 0 Å². The number of hydrogen-bond acceptors (Lipinski definition) is 6. The Kier molecular flexibility index (Phi) is 8.79. The molecule has 1 heterocycles. The van der Waals surface area contributed by atoms with E-state index in [1.807, 2.05) is 0 Å². The molecule has 0 spiro atoms. The second-order valence-electron chi connectivity index (χ2n) is 7.14. The van der Waals surface area contributed by atoms with E-state index in [2.05, 4.69) is 44.3 Å². The lowest BCUT2D eigenvalue weighted by Crippen LogP contribution is -2.62. The Labute approximate surface area is 180 Å². The molecule has 2 aromatic rings. The molecule has 0 bridgehead atoms. The van der Waals surface area contributed by atoms with Crippen LogP contribution in [0.4, 0.5) is 0 Å². The van der Waals surface area contributed by atoms with Gasteiger partial charge in [-0.15, -0.1) is 0 Å². The first-order chi connectivity index (χ1) is 14.9. The van der Waals surface area contributed by atoms with Crippen LogP contribution in [0.3, 0.4) is 0 Å². The van der Waals surface area contributed by atoms with Crippen LogP contribution in [0.15, 0.2) is 36.8 Å². The first-order valence-electron chi connectivity index (χ1n) is 9.54. The Morgan fingerprint density at radius 1 is 1.23 bits per heavy atom. The van der Waals surface area contributed by atoms with E-state index >= 15 is 0 Å². The summed E-state index contributed by atoms with van der Waals surface area (Å²) in [6.45, 7) is 3.84. The van der Waals surface area contributed by atoms with Crippen LogP contribution >= 0.6 is 0 Å². The smallest absolute Gasteiger partial charge is 0.267 e. The maximum Gasteiger partial charge on any atom is 0.267 e. The zero-order valence-electron chi connectivity index (χ0n) is 17.3. The van der Waals surface area contributed by atoms with E-state index in [1.54, 1.807) is 56.1 Å². The van der Waals surface area contributed by atoms with Crippen molar-refractivity contribution in [2.75, 3.05) is 6.61 Å². The van der Waals surface area contributed by atoms with Crippen LogP contribution in [0.1, 0.15) is 41.9 Å². The number of H-pyrrole nitrogens is 1. The minimum atomic E-state index is -1.06. The highest BCUT2D eigenvalue weighted by Gasteiger charge is 2.36. The molecule has 9 heteroatoms. The number of aromatic amines is 1. The molecule has 0 aliphatic rings. The average molecular weight is 423 g/mol. The third-order valence-electron chi connectivity index (χ3n) is 4.40. The summed E-state index contributed by atoms with van der Waals surface area (Å²) in [6.07, 6.45) is 3.55. The molecule has 9 nitrogen and oxygen atoms in total. The summed E-state index contributed by atoms with van der Waals surface area (Å²) in [5.41, 5.74) is 2.51. The molecule has 1 aromatic carbocycles. The number of nitrogens with zero attached hydrogens (tertiary/aromatic N) is 1. The van der Waals surface area contributed by atoms with Gasteiger partial charge in [0.05, 0.1) is 12.9 Å². The highest BCUT2D eigenvalue weighted by Crippen LogP contribution is 2.13. The number of nitrogens with one attached hydrogen (secondary N) is 4. The van der Waals surface area contributed by atoms with Gasteiger partial charge in [0.2, 0.25) is 0 Å². The van der Waals surface area contributed by atoms with Crippen LogP contribution in [-0.4, -0.2) is 50.3 Å². The number of aliphatic hydroxyl groups excluding tert-OH is 1. The molecule has 1 aromatic heterocycles. The van der Waals surface area contributed by atoms with Gasteiger partial charge in [0.1, 0.15) is 6.04 Å². The SMILES string of the molecule is CC(C)(NCc1cnc[nH]1)C(NC(=O)c1ccc(C#CC#CCCO)cc1)C(=O)NO. The fourth-order valence-electron chi connectivity index (χ4n) is 2.63. The summed E-state index contributed by atoms with van der Waals surface area (Å²) in [4.78, 5) is 31.8. The predicted molar refractivity (Wildman–Crippen MR) is 113 cm³/mol. The second-order valence-corrected chi connectivity index (χ2v) is 7.14. The van der Waals surface area contributed by atoms with Gasteiger partial charge >= 0.3 is 0 Å². The predicted octanol–water partition coefficient (Wildman–Crippen LogP) is 0.319. The zero-order valence-corrected chi connectivity index (χ0v) is 17.3. The van der Waals surface area contributed by atoms with Crippen molar-refractivity contribution in [1.29, 1.82) is 0 Å². The number of aliphatic hydroxyl groups is 1. The van der Waals surface area contributed by atoms with Crippen LogP contribution < -0.4 is 16.1 Å². The lowest BCUT2D eigenvalue weighted by molar-refractivity contribution is -0.133. The number of imidazole rings is 1. The molecule has 1 unspecified atom stereocenters. The minimum absolute atomic E-state index is 0.0106. The molecule has 0 aliphatic carbocycles. The van der Waals surface area contributed by atoms with E-state index in [0.29, 0.717) is 24.1 Å². The minimum Gasteiger partial charge on any atom is -0.395 e. The number of hydroxylamine groups is 1. The Morgan fingerprint density at radius 2 is 1.97 bits per heavy atom. The van der Waals surface area contributed by atoms with Gasteiger partial charge < -0.3 is 20.7 Å². The quantitative estimate of drug-likeness (QED) is 0.205. The van der Waals surface area contributed by atoms with Gasteiger partial charge in [0.15, 0.2) is 0 Å². The lowest BCUT2D eigenvalue weighted by atomic mass is 9.93. The Balaban J connectivity index is 2.07. The topological polar surface area (TPSA) is 139 Å². The maximum absolute atomic E-state index is 12.7. The first kappa shape index (κ1) is 23.6. The van der Waals surface area contributed by atoms with Crippen LogP contribution in [0.2, 0.25) is 0 Å². The molecule has 0 aliphatic heterocycles. The molecular weight excluding hydrogens is 398 g/mol. The summed E-state index contributed by atoms with van der Waals surface area (Å²) in [6, 6.07) is 5.43. The number of hydrogen-bond donors (Lipinski definition) is 6. The van der Waals surface area contributed by atoms with Gasteiger partial charge in [0.25, 0.3) is 11.8 Å². The summed E-state index contributed by atoms with van der Waals surface area (Å²) < 4.78 is 0. The summed E-state index contributed by atoms with van der Waals surface area (Å²) in [5.74, 6) is 9.60. The monoisotopic (exact) mass is 423 g/mol. The molecule has 0 saturated heterocycles. The average Bonchev–Trinajstić information content (AvgIpc) is 3.29. The van der Waals surface area contributed by atoms with Crippen molar-refractivity contribution in [1.82, 2.24) is 26.1 Å². The van der Waals surface area contributed by atoms with Gasteiger partial charge in [-0.2, -0.15) is 0 Å². The number of carbonyl (C=O) groups excluding carboxylic acids is 2. The van der Waals surface area contributed by atoms with Crippen molar-refractivity contribution in [3.05, 3.63) is 53.6 Å². The second kappa shape index (κ2) is 11.5. The molecule has 162 valence electrons. The van der Waals surface area contributed by atoms with E-state index in [0.717, 1.165) is 5.69 Å². The van der Waals surface area contributed by atoms with E-state index in [1.165, 1.54) is 0 Å². The molecule has 6 N–H and O–H groups in total. The number of benzene rings is 1. The van der Waals surface area contributed by atoms with E-state index in [-0.39, 0.29) is 6.61 Å². The fourth-order valence-corrected chi connectivity index (χ4v) is 2.63. The maximum atomic E-state index is 12.7. The Bertz CT molecular complexity index is 993. The molecule has 0 fully saturated rings. The van der Waals surface area contributed by atoms with Gasteiger partial charge in [0, 0.05) is 41.5 Å². The number of aromatic nitrogens is 2. The van der Waals surface area contributed by atoms with Crippen LogP contribution in [0, 0.1) is 23.7 Å². The number of amides is 2. The molecule has 0 radical (unpaired) electrons. The Morgan fingerprint density at radius 3 is 2.58 bits per heavy atom. The highest BCUT2D eigenvalue weighted by molar-refractivity contribution is 5.97. The molecule has 0 saturated carbocycles.